The summed E-state index contributed by atoms with van der Waals surface area (Å²) in [5.41, 5.74) is 2.24. The second-order valence-electron chi connectivity index (χ2n) is 8.30. The van der Waals surface area contributed by atoms with Crippen LogP contribution in [0.2, 0.25) is 0 Å². The minimum atomic E-state index is -0.895. The van der Waals surface area contributed by atoms with E-state index in [1.54, 1.807) is 42.5 Å². The van der Waals surface area contributed by atoms with Gasteiger partial charge in [-0.3, -0.25) is 0 Å². The van der Waals surface area contributed by atoms with Crippen molar-refractivity contribution < 1.29 is 23.0 Å². The van der Waals surface area contributed by atoms with E-state index in [4.69, 9.17) is 4.74 Å². The SMILES string of the molecule is C=CCC1CC1c1ccc(-c2ccc(COc3ccc(C(C)O)c(F)c3)cc2)c(F)c1F. The number of aliphatic hydroxyl groups is 1. The molecule has 0 saturated heterocycles. The lowest BCUT2D eigenvalue weighted by molar-refractivity contribution is 0.194. The van der Waals surface area contributed by atoms with Crippen molar-refractivity contribution in [2.45, 2.75) is 38.4 Å². The van der Waals surface area contributed by atoms with Crippen molar-refractivity contribution in [3.05, 3.63) is 101 Å². The molecule has 0 aliphatic heterocycles. The first-order valence-corrected chi connectivity index (χ1v) is 10.7. The van der Waals surface area contributed by atoms with Crippen molar-refractivity contribution in [3.63, 3.8) is 0 Å². The van der Waals surface area contributed by atoms with Gasteiger partial charge in [0.1, 0.15) is 18.2 Å². The Hall–Kier alpha value is -3.05. The Kier molecular flexibility index (Phi) is 6.38. The zero-order chi connectivity index (χ0) is 22.8. The van der Waals surface area contributed by atoms with Crippen LogP contribution in [0.5, 0.6) is 5.75 Å². The van der Waals surface area contributed by atoms with Crippen LogP contribution in [0.15, 0.2) is 67.3 Å². The number of ether oxygens (including phenoxy) is 1. The monoisotopic (exact) mass is 438 g/mol. The number of halogens is 3. The highest BCUT2D eigenvalue weighted by molar-refractivity contribution is 5.65. The van der Waals surface area contributed by atoms with Crippen molar-refractivity contribution >= 4 is 0 Å². The van der Waals surface area contributed by atoms with E-state index in [2.05, 4.69) is 6.58 Å². The Bertz CT molecular complexity index is 1120. The molecule has 0 heterocycles. The van der Waals surface area contributed by atoms with Gasteiger partial charge in [-0.2, -0.15) is 0 Å². The van der Waals surface area contributed by atoms with E-state index in [-0.39, 0.29) is 23.7 Å². The highest BCUT2D eigenvalue weighted by Crippen LogP contribution is 2.51. The molecule has 3 aromatic rings. The maximum absolute atomic E-state index is 14.8. The summed E-state index contributed by atoms with van der Waals surface area (Å²) in [6, 6.07) is 14.6. The van der Waals surface area contributed by atoms with Gasteiger partial charge in [-0.1, -0.05) is 42.5 Å². The number of aliphatic hydroxyl groups excluding tert-OH is 1. The van der Waals surface area contributed by atoms with E-state index in [9.17, 15) is 18.3 Å². The number of hydrogen-bond acceptors (Lipinski definition) is 2. The third kappa shape index (κ3) is 4.58. The molecule has 0 bridgehead atoms. The molecule has 0 aromatic heterocycles. The van der Waals surface area contributed by atoms with Crippen LogP contribution in [0.3, 0.4) is 0 Å². The maximum Gasteiger partial charge on any atom is 0.166 e. The highest BCUT2D eigenvalue weighted by Gasteiger charge is 2.39. The molecule has 3 aromatic carbocycles. The van der Waals surface area contributed by atoms with E-state index in [1.165, 1.54) is 19.1 Å². The first-order valence-electron chi connectivity index (χ1n) is 10.7. The second kappa shape index (κ2) is 9.21. The fraction of sp³-hybridized carbons (Fsp3) is 0.259. The van der Waals surface area contributed by atoms with Crippen LogP contribution < -0.4 is 4.74 Å². The molecule has 3 unspecified atom stereocenters. The quantitative estimate of drug-likeness (QED) is 0.381. The van der Waals surface area contributed by atoms with Gasteiger partial charge in [0.25, 0.3) is 0 Å². The minimum absolute atomic E-state index is 0.0653. The van der Waals surface area contributed by atoms with Gasteiger partial charge in [0.05, 0.1) is 6.10 Å². The van der Waals surface area contributed by atoms with Crippen molar-refractivity contribution in [1.82, 2.24) is 0 Å². The molecule has 0 radical (unpaired) electrons. The molecule has 1 N–H and O–H groups in total. The molecule has 32 heavy (non-hydrogen) atoms. The van der Waals surface area contributed by atoms with Crippen LogP contribution in [-0.4, -0.2) is 5.11 Å². The van der Waals surface area contributed by atoms with Gasteiger partial charge in [-0.15, -0.1) is 6.58 Å². The van der Waals surface area contributed by atoms with Gasteiger partial charge < -0.3 is 9.84 Å². The lowest BCUT2D eigenvalue weighted by atomic mass is 9.99. The first-order chi connectivity index (χ1) is 15.4. The van der Waals surface area contributed by atoms with Crippen LogP contribution in [0, 0.1) is 23.4 Å². The summed E-state index contributed by atoms with van der Waals surface area (Å²) in [6.07, 6.45) is 2.60. The molecule has 4 rings (SSSR count). The lowest BCUT2D eigenvalue weighted by Gasteiger charge is -2.11. The normalized spacial score (nSPS) is 18.3. The summed E-state index contributed by atoms with van der Waals surface area (Å²) in [5, 5.41) is 9.50. The second-order valence-corrected chi connectivity index (χ2v) is 8.30. The summed E-state index contributed by atoms with van der Waals surface area (Å²) in [4.78, 5) is 0. The Morgan fingerprint density at radius 1 is 1.06 bits per heavy atom. The lowest BCUT2D eigenvalue weighted by Crippen LogP contribution is -2.00. The third-order valence-corrected chi connectivity index (χ3v) is 6.00. The number of benzene rings is 3. The Balaban J connectivity index is 1.44. The fourth-order valence-corrected chi connectivity index (χ4v) is 4.06. The highest BCUT2D eigenvalue weighted by atomic mass is 19.2. The van der Waals surface area contributed by atoms with Crippen molar-refractivity contribution in [3.8, 4) is 16.9 Å². The fourth-order valence-electron chi connectivity index (χ4n) is 4.06. The summed E-state index contributed by atoms with van der Waals surface area (Å²) >= 11 is 0. The van der Waals surface area contributed by atoms with E-state index in [1.807, 2.05) is 6.08 Å². The number of rotatable bonds is 8. The van der Waals surface area contributed by atoms with Gasteiger partial charge >= 0.3 is 0 Å². The number of hydrogen-bond donors (Lipinski definition) is 1. The molecule has 166 valence electrons. The van der Waals surface area contributed by atoms with E-state index < -0.39 is 23.6 Å². The van der Waals surface area contributed by atoms with E-state index >= 15 is 0 Å². The van der Waals surface area contributed by atoms with Crippen molar-refractivity contribution in [1.29, 1.82) is 0 Å². The predicted octanol–water partition coefficient (Wildman–Crippen LogP) is 7.08. The molecular formula is C27H25F3O2. The molecule has 1 saturated carbocycles. The van der Waals surface area contributed by atoms with Gasteiger partial charge in [0.2, 0.25) is 0 Å². The average Bonchev–Trinajstić information content (AvgIpc) is 3.53. The Morgan fingerprint density at radius 3 is 2.47 bits per heavy atom. The van der Waals surface area contributed by atoms with Gasteiger partial charge in [-0.25, -0.2) is 13.2 Å². The Morgan fingerprint density at radius 2 is 1.81 bits per heavy atom. The smallest absolute Gasteiger partial charge is 0.166 e. The predicted molar refractivity (Wildman–Crippen MR) is 119 cm³/mol. The molecule has 3 atom stereocenters. The van der Waals surface area contributed by atoms with Crippen molar-refractivity contribution in [2.75, 3.05) is 0 Å². The van der Waals surface area contributed by atoms with Gasteiger partial charge in [-0.05, 0) is 60.4 Å². The van der Waals surface area contributed by atoms with Crippen molar-refractivity contribution in [2.24, 2.45) is 5.92 Å². The summed E-state index contributed by atoms with van der Waals surface area (Å²) in [5.74, 6) is -1.37. The molecule has 0 spiro atoms. The standard InChI is InChI=1S/C27H25F3O2/c1-3-4-19-13-24(19)23-12-11-22(26(29)27(23)30)18-7-5-17(6-8-18)15-32-20-9-10-21(16(2)31)25(28)14-20/h3,5-12,14,16,19,24,31H,1,4,13,15H2,2H3. The van der Waals surface area contributed by atoms with Crippen LogP contribution in [-0.2, 0) is 6.61 Å². The molecular weight excluding hydrogens is 413 g/mol. The van der Waals surface area contributed by atoms with Crippen LogP contribution in [0.4, 0.5) is 13.2 Å². The largest absolute Gasteiger partial charge is 0.489 e. The van der Waals surface area contributed by atoms with E-state index in [0.717, 1.165) is 18.4 Å². The molecule has 2 nitrogen and oxygen atoms in total. The Labute approximate surface area is 186 Å². The van der Waals surface area contributed by atoms with E-state index in [0.29, 0.717) is 22.8 Å². The van der Waals surface area contributed by atoms with Crippen LogP contribution in [0.1, 0.15) is 48.5 Å². The number of allylic oxidation sites excluding steroid dienone is 1. The summed E-state index contributed by atoms with van der Waals surface area (Å²) in [6.45, 7) is 5.40. The average molecular weight is 438 g/mol. The minimum Gasteiger partial charge on any atom is -0.489 e. The van der Waals surface area contributed by atoms with Crippen LogP contribution >= 0.6 is 0 Å². The van der Waals surface area contributed by atoms with Crippen LogP contribution in [0.25, 0.3) is 11.1 Å². The molecule has 1 aliphatic carbocycles. The molecule has 1 aliphatic rings. The summed E-state index contributed by atoms with van der Waals surface area (Å²) in [7, 11) is 0. The maximum atomic E-state index is 14.8. The van der Waals surface area contributed by atoms with Gasteiger partial charge in [0.15, 0.2) is 11.6 Å². The molecule has 1 fully saturated rings. The summed E-state index contributed by atoms with van der Waals surface area (Å²) < 4.78 is 49.0. The molecule has 0 amide bonds. The third-order valence-electron chi connectivity index (χ3n) is 6.00. The molecule has 5 heteroatoms. The zero-order valence-corrected chi connectivity index (χ0v) is 17.8. The topological polar surface area (TPSA) is 29.5 Å². The zero-order valence-electron chi connectivity index (χ0n) is 17.8. The van der Waals surface area contributed by atoms with Gasteiger partial charge in [0, 0.05) is 17.2 Å². The first kappa shape index (κ1) is 22.2.